The molecule has 3 rings (SSSR count). The van der Waals surface area contributed by atoms with Crippen molar-refractivity contribution in [1.82, 2.24) is 14.8 Å². The second kappa shape index (κ2) is 8.33. The molecule has 4 nitrogen and oxygen atoms in total. The number of halogens is 2. The number of aryl methyl sites for hydroxylation is 1. The van der Waals surface area contributed by atoms with Gasteiger partial charge in [0.15, 0.2) is 17.1 Å². The topological polar surface area (TPSA) is 39.9 Å². The maximum Gasteiger partial charge on any atom is 0.191 e. The lowest BCUT2D eigenvalue weighted by Crippen LogP contribution is -2.10. The monoisotopic (exact) mass is 407 g/mol. The van der Waals surface area contributed by atoms with Gasteiger partial charge >= 0.3 is 0 Å². The lowest BCUT2D eigenvalue weighted by molar-refractivity contribution is 0.211. The number of benzene rings is 2. The lowest BCUT2D eigenvalue weighted by atomic mass is 10.2. The molecule has 0 saturated heterocycles. The quantitative estimate of drug-likeness (QED) is 0.479. The Morgan fingerprint density at radius 2 is 1.92 bits per heavy atom. The fourth-order valence-corrected chi connectivity index (χ4v) is 3.71. The van der Waals surface area contributed by atoms with Gasteiger partial charge in [-0.2, -0.15) is 0 Å². The molecule has 0 radical (unpaired) electrons. The summed E-state index contributed by atoms with van der Waals surface area (Å²) in [7, 11) is 1.95. The second-order valence-corrected chi connectivity index (χ2v) is 7.77. The molecule has 26 heavy (non-hydrogen) atoms. The number of hydrogen-bond acceptors (Lipinski definition) is 4. The molecule has 1 atom stereocenters. The molecule has 0 fully saturated rings. The van der Waals surface area contributed by atoms with E-state index in [2.05, 4.69) is 10.2 Å². The van der Waals surface area contributed by atoms with E-state index in [0.717, 1.165) is 33.6 Å². The minimum Gasteiger partial charge on any atom is -0.483 e. The first-order valence-corrected chi connectivity index (χ1v) is 9.87. The minimum absolute atomic E-state index is 0.200. The number of aromatic nitrogens is 3. The van der Waals surface area contributed by atoms with Crippen LogP contribution in [0.3, 0.4) is 0 Å². The van der Waals surface area contributed by atoms with E-state index < -0.39 is 0 Å². The molecule has 1 aromatic heterocycles. The van der Waals surface area contributed by atoms with Crippen molar-refractivity contribution in [3.05, 3.63) is 69.5 Å². The first kappa shape index (κ1) is 19.1. The van der Waals surface area contributed by atoms with Crippen molar-refractivity contribution in [3.63, 3.8) is 0 Å². The molecule has 0 aliphatic carbocycles. The lowest BCUT2D eigenvalue weighted by Gasteiger charge is -2.14. The normalized spacial score (nSPS) is 12.2. The molecule has 3 aromatic rings. The highest BCUT2D eigenvalue weighted by molar-refractivity contribution is 7.98. The Bertz CT molecular complexity index is 914. The van der Waals surface area contributed by atoms with Gasteiger partial charge in [-0.1, -0.05) is 53.2 Å². The molecule has 0 spiro atoms. The Morgan fingerprint density at radius 1 is 1.12 bits per heavy atom. The Morgan fingerprint density at radius 3 is 2.65 bits per heavy atom. The molecular weight excluding hydrogens is 389 g/mol. The van der Waals surface area contributed by atoms with Crippen LogP contribution in [0.2, 0.25) is 10.0 Å². The number of ether oxygens (including phenoxy) is 1. The highest BCUT2D eigenvalue weighted by Gasteiger charge is 2.17. The largest absolute Gasteiger partial charge is 0.483 e. The van der Waals surface area contributed by atoms with Gasteiger partial charge in [-0.05, 0) is 49.2 Å². The standard InChI is InChI=1S/C19H19Cl2N3OS/c1-12-5-4-6-15(9-12)25-13(2)18-22-23-19(24(18)3)26-11-14-7-8-16(20)17(21)10-14/h4-10,13H,11H2,1-3H3. The number of rotatable bonds is 6. The Labute approximate surface area is 167 Å². The first-order chi connectivity index (χ1) is 12.4. The second-order valence-electron chi connectivity index (χ2n) is 6.01. The predicted molar refractivity (Wildman–Crippen MR) is 107 cm³/mol. The molecule has 2 aromatic carbocycles. The summed E-state index contributed by atoms with van der Waals surface area (Å²) in [5.74, 6) is 2.34. The van der Waals surface area contributed by atoms with Gasteiger partial charge in [-0.3, -0.25) is 0 Å². The molecule has 0 N–H and O–H groups in total. The summed E-state index contributed by atoms with van der Waals surface area (Å²) >= 11 is 13.6. The van der Waals surface area contributed by atoms with E-state index in [-0.39, 0.29) is 6.10 Å². The van der Waals surface area contributed by atoms with Crippen molar-refractivity contribution in [1.29, 1.82) is 0 Å². The van der Waals surface area contributed by atoms with Crippen LogP contribution in [0.15, 0.2) is 47.6 Å². The van der Waals surface area contributed by atoms with Gasteiger partial charge in [0, 0.05) is 12.8 Å². The SMILES string of the molecule is Cc1cccc(OC(C)c2nnc(SCc3ccc(Cl)c(Cl)c3)n2C)c1. The molecule has 0 aliphatic heterocycles. The molecule has 0 aliphatic rings. The summed E-state index contributed by atoms with van der Waals surface area (Å²) in [6.07, 6.45) is -0.200. The zero-order chi connectivity index (χ0) is 18.7. The van der Waals surface area contributed by atoms with Crippen LogP contribution in [0.5, 0.6) is 5.75 Å². The zero-order valence-corrected chi connectivity index (χ0v) is 17.1. The third-order valence-corrected chi connectivity index (χ3v) is 5.72. The zero-order valence-electron chi connectivity index (χ0n) is 14.7. The van der Waals surface area contributed by atoms with Gasteiger partial charge in [0.1, 0.15) is 5.75 Å². The minimum atomic E-state index is -0.200. The fourth-order valence-electron chi connectivity index (χ4n) is 2.53. The Hall–Kier alpha value is -1.69. The van der Waals surface area contributed by atoms with Crippen LogP contribution in [0, 0.1) is 6.92 Å². The van der Waals surface area contributed by atoms with Crippen LogP contribution in [-0.4, -0.2) is 14.8 Å². The number of nitrogens with zero attached hydrogens (tertiary/aromatic N) is 3. The van der Waals surface area contributed by atoms with Crippen LogP contribution in [0.1, 0.15) is 30.0 Å². The van der Waals surface area contributed by atoms with E-state index in [4.69, 9.17) is 27.9 Å². The number of hydrogen-bond donors (Lipinski definition) is 0. The van der Waals surface area contributed by atoms with Crippen molar-refractivity contribution in [2.75, 3.05) is 0 Å². The van der Waals surface area contributed by atoms with Crippen LogP contribution >= 0.6 is 35.0 Å². The van der Waals surface area contributed by atoms with E-state index in [1.807, 2.05) is 61.9 Å². The summed E-state index contributed by atoms with van der Waals surface area (Å²) in [6.45, 7) is 4.01. The van der Waals surface area contributed by atoms with Crippen LogP contribution in [-0.2, 0) is 12.8 Å². The van der Waals surface area contributed by atoms with Gasteiger partial charge in [0.2, 0.25) is 0 Å². The average Bonchev–Trinajstić information content (AvgIpc) is 2.97. The van der Waals surface area contributed by atoms with E-state index in [1.165, 1.54) is 0 Å². The van der Waals surface area contributed by atoms with Crippen molar-refractivity contribution < 1.29 is 4.74 Å². The van der Waals surface area contributed by atoms with Crippen molar-refractivity contribution in [3.8, 4) is 5.75 Å². The van der Waals surface area contributed by atoms with Gasteiger partial charge in [0.05, 0.1) is 10.0 Å². The third-order valence-electron chi connectivity index (χ3n) is 3.89. The highest BCUT2D eigenvalue weighted by Crippen LogP contribution is 2.28. The summed E-state index contributed by atoms with van der Waals surface area (Å²) in [4.78, 5) is 0. The van der Waals surface area contributed by atoms with E-state index in [0.29, 0.717) is 10.0 Å². The number of thioether (sulfide) groups is 1. The van der Waals surface area contributed by atoms with E-state index in [9.17, 15) is 0 Å². The Kier molecular flexibility index (Phi) is 6.12. The maximum absolute atomic E-state index is 6.07. The van der Waals surface area contributed by atoms with Gasteiger partial charge in [0.25, 0.3) is 0 Å². The van der Waals surface area contributed by atoms with Crippen molar-refractivity contribution in [2.24, 2.45) is 7.05 Å². The molecule has 0 saturated carbocycles. The molecule has 0 amide bonds. The third kappa shape index (κ3) is 4.53. The molecular formula is C19H19Cl2N3OS. The maximum atomic E-state index is 6.07. The summed E-state index contributed by atoms with van der Waals surface area (Å²) < 4.78 is 7.96. The summed E-state index contributed by atoms with van der Waals surface area (Å²) in [5, 5.41) is 10.5. The smallest absolute Gasteiger partial charge is 0.191 e. The summed E-state index contributed by atoms with van der Waals surface area (Å²) in [5.41, 5.74) is 2.24. The van der Waals surface area contributed by atoms with Crippen LogP contribution in [0.25, 0.3) is 0 Å². The van der Waals surface area contributed by atoms with Crippen molar-refractivity contribution in [2.45, 2.75) is 30.9 Å². The van der Waals surface area contributed by atoms with Gasteiger partial charge < -0.3 is 9.30 Å². The molecule has 1 unspecified atom stereocenters. The first-order valence-electron chi connectivity index (χ1n) is 8.13. The predicted octanol–water partition coefficient (Wildman–Crippen LogP) is 5.86. The average molecular weight is 408 g/mol. The molecule has 1 heterocycles. The fraction of sp³-hybridized carbons (Fsp3) is 0.263. The van der Waals surface area contributed by atoms with Gasteiger partial charge in [-0.15, -0.1) is 10.2 Å². The molecule has 0 bridgehead atoms. The van der Waals surface area contributed by atoms with Crippen molar-refractivity contribution >= 4 is 35.0 Å². The van der Waals surface area contributed by atoms with Crippen LogP contribution < -0.4 is 4.74 Å². The molecule has 7 heteroatoms. The Balaban J connectivity index is 1.67. The highest BCUT2D eigenvalue weighted by atomic mass is 35.5. The van der Waals surface area contributed by atoms with E-state index in [1.54, 1.807) is 17.8 Å². The van der Waals surface area contributed by atoms with Gasteiger partial charge in [-0.25, -0.2) is 0 Å². The van der Waals surface area contributed by atoms with Crippen LogP contribution in [0.4, 0.5) is 0 Å². The van der Waals surface area contributed by atoms with E-state index >= 15 is 0 Å². The summed E-state index contributed by atoms with van der Waals surface area (Å²) in [6, 6.07) is 13.6. The molecule has 136 valence electrons.